The first-order valence-electron chi connectivity index (χ1n) is 6.26. The fourth-order valence-electron chi connectivity index (χ4n) is 1.62. The van der Waals surface area contributed by atoms with Crippen LogP contribution in [0.1, 0.15) is 44.9 Å². The van der Waals surface area contributed by atoms with Crippen LogP contribution < -0.4 is 5.32 Å². The van der Waals surface area contributed by atoms with Crippen LogP contribution in [-0.2, 0) is 10.9 Å². The van der Waals surface area contributed by atoms with E-state index in [0.717, 1.165) is 12.1 Å². The van der Waals surface area contributed by atoms with Crippen LogP contribution in [0.2, 0.25) is 0 Å². The summed E-state index contributed by atoms with van der Waals surface area (Å²) < 4.78 is 43.1. The molecule has 0 spiro atoms. The van der Waals surface area contributed by atoms with Crippen LogP contribution in [0.5, 0.6) is 0 Å². The molecular weight excluding hydrogens is 351 g/mol. The van der Waals surface area contributed by atoms with Crippen molar-refractivity contribution in [1.82, 2.24) is 5.32 Å². The first-order valence-corrected chi connectivity index (χ1v) is 7.05. The predicted molar refractivity (Wildman–Crippen MR) is 76.9 cm³/mol. The van der Waals surface area contributed by atoms with Crippen molar-refractivity contribution in [2.45, 2.75) is 45.5 Å². The average molecular weight is 368 g/mol. The summed E-state index contributed by atoms with van der Waals surface area (Å²) in [5, 5.41) is 2.58. The van der Waals surface area contributed by atoms with Gasteiger partial charge in [-0.2, -0.15) is 13.2 Å². The van der Waals surface area contributed by atoms with Crippen molar-refractivity contribution in [3.63, 3.8) is 0 Å². The van der Waals surface area contributed by atoms with E-state index in [-0.39, 0.29) is 4.47 Å². The molecule has 0 aliphatic rings. The van der Waals surface area contributed by atoms with Crippen LogP contribution in [0.25, 0.3) is 0 Å². The zero-order valence-electron chi connectivity index (χ0n) is 12.1. The lowest BCUT2D eigenvalue weighted by atomic mass is 10.1. The van der Waals surface area contributed by atoms with Gasteiger partial charge in [0.05, 0.1) is 11.6 Å². The van der Waals surface area contributed by atoms with E-state index in [2.05, 4.69) is 21.2 Å². The molecule has 0 radical (unpaired) electrons. The lowest BCUT2D eigenvalue weighted by Crippen LogP contribution is -2.34. The monoisotopic (exact) mass is 367 g/mol. The smallest absolute Gasteiger partial charge is 0.416 e. The number of alkyl halides is 3. The molecule has 118 valence electrons. The third-order valence-corrected chi connectivity index (χ3v) is 3.21. The minimum Gasteiger partial charge on any atom is -0.444 e. The van der Waals surface area contributed by atoms with Crippen molar-refractivity contribution in [2.75, 3.05) is 0 Å². The zero-order valence-corrected chi connectivity index (χ0v) is 13.7. The standard InChI is InChI=1S/C14H17BrF3NO2/c1-8(19-12(20)21-13(2,3)4)10-6-5-9(7-11(10)15)14(16,17)18/h5-8H,1-4H3,(H,19,20)/t8-/m0/s1. The molecule has 0 unspecified atom stereocenters. The Labute approximate surface area is 130 Å². The van der Waals surface area contributed by atoms with Gasteiger partial charge in [0.1, 0.15) is 5.60 Å². The molecule has 1 atom stereocenters. The number of hydrogen-bond donors (Lipinski definition) is 1. The SMILES string of the molecule is C[C@H](NC(=O)OC(C)(C)C)c1ccc(C(F)(F)F)cc1Br. The highest BCUT2D eigenvalue weighted by Crippen LogP contribution is 2.33. The second-order valence-electron chi connectivity index (χ2n) is 5.60. The highest BCUT2D eigenvalue weighted by atomic mass is 79.9. The third-order valence-electron chi connectivity index (χ3n) is 2.53. The number of carbonyl (C=O) groups is 1. The Morgan fingerprint density at radius 1 is 1.29 bits per heavy atom. The van der Waals surface area contributed by atoms with Crippen molar-refractivity contribution in [2.24, 2.45) is 0 Å². The maximum atomic E-state index is 12.6. The zero-order chi connectivity index (χ0) is 16.4. The lowest BCUT2D eigenvalue weighted by Gasteiger charge is -2.22. The molecule has 1 aromatic carbocycles. The fraction of sp³-hybridized carbons (Fsp3) is 0.500. The number of rotatable bonds is 2. The molecule has 0 bridgehead atoms. The minimum absolute atomic E-state index is 0.279. The summed E-state index contributed by atoms with van der Waals surface area (Å²) in [7, 11) is 0. The summed E-state index contributed by atoms with van der Waals surface area (Å²) in [6, 6.07) is 2.81. The molecule has 0 aliphatic carbocycles. The van der Waals surface area contributed by atoms with Crippen LogP contribution in [0.15, 0.2) is 22.7 Å². The van der Waals surface area contributed by atoms with E-state index in [9.17, 15) is 18.0 Å². The molecule has 0 heterocycles. The molecule has 0 aliphatic heterocycles. The van der Waals surface area contributed by atoms with Crippen LogP contribution in [-0.4, -0.2) is 11.7 Å². The van der Waals surface area contributed by atoms with Crippen molar-refractivity contribution in [3.8, 4) is 0 Å². The molecule has 21 heavy (non-hydrogen) atoms. The molecule has 1 rings (SSSR count). The molecule has 1 amide bonds. The molecule has 0 saturated carbocycles. The Balaban J connectivity index is 2.84. The molecule has 0 aromatic heterocycles. The van der Waals surface area contributed by atoms with E-state index in [1.165, 1.54) is 6.07 Å². The van der Waals surface area contributed by atoms with E-state index in [1.54, 1.807) is 27.7 Å². The molecule has 0 fully saturated rings. The number of alkyl carbamates (subject to hydrolysis) is 1. The maximum Gasteiger partial charge on any atom is 0.416 e. The topological polar surface area (TPSA) is 38.3 Å². The number of halogens is 4. The number of nitrogens with one attached hydrogen (secondary N) is 1. The van der Waals surface area contributed by atoms with Crippen LogP contribution in [0, 0.1) is 0 Å². The van der Waals surface area contributed by atoms with Gasteiger partial charge in [0.2, 0.25) is 0 Å². The average Bonchev–Trinajstić information content (AvgIpc) is 2.24. The van der Waals surface area contributed by atoms with E-state index in [1.807, 2.05) is 0 Å². The first-order chi connectivity index (χ1) is 9.40. The van der Waals surface area contributed by atoms with E-state index < -0.39 is 29.5 Å². The summed E-state index contributed by atoms with van der Waals surface area (Å²) >= 11 is 3.10. The van der Waals surface area contributed by atoms with Gasteiger partial charge in [-0.1, -0.05) is 22.0 Å². The van der Waals surface area contributed by atoms with E-state index in [0.29, 0.717) is 5.56 Å². The van der Waals surface area contributed by atoms with Crippen molar-refractivity contribution < 1.29 is 22.7 Å². The third kappa shape index (κ3) is 5.57. The van der Waals surface area contributed by atoms with Gasteiger partial charge < -0.3 is 10.1 Å². The summed E-state index contributed by atoms with van der Waals surface area (Å²) in [6.07, 6.45) is -5.02. The molecule has 7 heteroatoms. The highest BCUT2D eigenvalue weighted by Gasteiger charge is 2.31. The largest absolute Gasteiger partial charge is 0.444 e. The van der Waals surface area contributed by atoms with Gasteiger partial charge in [-0.3, -0.25) is 0 Å². The van der Waals surface area contributed by atoms with Crippen LogP contribution >= 0.6 is 15.9 Å². The number of ether oxygens (including phenoxy) is 1. The van der Waals surface area contributed by atoms with Crippen molar-refractivity contribution >= 4 is 22.0 Å². The number of hydrogen-bond acceptors (Lipinski definition) is 2. The van der Waals surface area contributed by atoms with E-state index >= 15 is 0 Å². The number of benzene rings is 1. The fourth-order valence-corrected chi connectivity index (χ4v) is 2.34. The summed E-state index contributed by atoms with van der Waals surface area (Å²) in [5.74, 6) is 0. The summed E-state index contributed by atoms with van der Waals surface area (Å²) in [6.45, 7) is 6.85. The minimum atomic E-state index is -4.40. The lowest BCUT2D eigenvalue weighted by molar-refractivity contribution is -0.137. The molecule has 3 nitrogen and oxygen atoms in total. The normalized spacial score (nSPS) is 13.7. The van der Waals surface area contributed by atoms with Gasteiger partial charge >= 0.3 is 12.3 Å². The van der Waals surface area contributed by atoms with Gasteiger partial charge in [-0.05, 0) is 45.4 Å². The summed E-state index contributed by atoms with van der Waals surface area (Å²) in [4.78, 5) is 11.7. The quantitative estimate of drug-likeness (QED) is 0.793. The van der Waals surface area contributed by atoms with Gasteiger partial charge in [0, 0.05) is 4.47 Å². The Bertz CT molecular complexity index is 524. The second kappa shape index (κ2) is 6.25. The van der Waals surface area contributed by atoms with Gasteiger partial charge in [0.25, 0.3) is 0 Å². The second-order valence-corrected chi connectivity index (χ2v) is 6.46. The van der Waals surface area contributed by atoms with E-state index in [4.69, 9.17) is 4.74 Å². The molecular formula is C14H17BrF3NO2. The van der Waals surface area contributed by atoms with Gasteiger partial charge in [0.15, 0.2) is 0 Å². The Morgan fingerprint density at radius 3 is 2.29 bits per heavy atom. The maximum absolute atomic E-state index is 12.6. The van der Waals surface area contributed by atoms with Crippen molar-refractivity contribution in [3.05, 3.63) is 33.8 Å². The van der Waals surface area contributed by atoms with Crippen LogP contribution in [0.3, 0.4) is 0 Å². The number of carbonyl (C=O) groups excluding carboxylic acids is 1. The summed E-state index contributed by atoms with van der Waals surface area (Å²) in [5.41, 5.74) is -0.849. The highest BCUT2D eigenvalue weighted by molar-refractivity contribution is 9.10. The Morgan fingerprint density at radius 2 is 1.86 bits per heavy atom. The molecule has 0 saturated heterocycles. The molecule has 1 aromatic rings. The number of amides is 1. The Kier molecular flexibility index (Phi) is 5.30. The van der Waals surface area contributed by atoms with Gasteiger partial charge in [-0.25, -0.2) is 4.79 Å². The van der Waals surface area contributed by atoms with Crippen LogP contribution in [0.4, 0.5) is 18.0 Å². The first kappa shape index (κ1) is 17.8. The van der Waals surface area contributed by atoms with Gasteiger partial charge in [-0.15, -0.1) is 0 Å². The Hall–Kier alpha value is -1.24. The van der Waals surface area contributed by atoms with Crippen molar-refractivity contribution in [1.29, 1.82) is 0 Å². The molecule has 1 N–H and O–H groups in total. The predicted octanol–water partition coefficient (Wildman–Crippen LogP) is 5.05.